The minimum absolute atomic E-state index is 0.320. The van der Waals surface area contributed by atoms with Gasteiger partial charge in [-0.05, 0) is 55.8 Å². The Morgan fingerprint density at radius 2 is 1.91 bits per heavy atom. The van der Waals surface area contributed by atoms with E-state index in [1.54, 1.807) is 6.20 Å². The van der Waals surface area contributed by atoms with E-state index >= 15 is 0 Å². The van der Waals surface area contributed by atoms with Crippen LogP contribution in [0.25, 0.3) is 10.9 Å². The lowest BCUT2D eigenvalue weighted by Crippen LogP contribution is -2.25. The number of benzene rings is 1. The highest BCUT2D eigenvalue weighted by Crippen LogP contribution is 2.34. The molecule has 0 aliphatic carbocycles. The Labute approximate surface area is 189 Å². The van der Waals surface area contributed by atoms with Crippen molar-refractivity contribution in [2.75, 3.05) is 30.9 Å². The van der Waals surface area contributed by atoms with Crippen molar-refractivity contribution >= 4 is 28.2 Å². The first-order valence-electron chi connectivity index (χ1n) is 11.1. The molecular formula is C26H28N6. The monoisotopic (exact) mass is 424 g/mol. The van der Waals surface area contributed by atoms with Crippen LogP contribution in [0.1, 0.15) is 30.1 Å². The topological polar surface area (TPSA) is 57.2 Å². The first kappa shape index (κ1) is 20.4. The standard InChI is InChI=1S/C26H28N6/c1-31(2)26-20(16-19-8-3-4-9-22(19)30-26)18-32-15-7-10-24(32)23-13-12-21(17-28-23)29-25-11-5-6-14-27-25/h3-6,8-9,11-14,16-17,24H,7,10,15,18H2,1-2H3,(H,27,29)/t24-/m0/s1. The molecule has 0 unspecified atom stereocenters. The van der Waals surface area contributed by atoms with E-state index in [-0.39, 0.29) is 0 Å². The van der Waals surface area contributed by atoms with Crippen LogP contribution in [0.2, 0.25) is 0 Å². The Morgan fingerprint density at radius 1 is 1.03 bits per heavy atom. The Morgan fingerprint density at radius 3 is 2.69 bits per heavy atom. The van der Waals surface area contributed by atoms with Crippen LogP contribution in [0.3, 0.4) is 0 Å². The summed E-state index contributed by atoms with van der Waals surface area (Å²) >= 11 is 0. The zero-order valence-corrected chi connectivity index (χ0v) is 18.6. The minimum atomic E-state index is 0.320. The summed E-state index contributed by atoms with van der Waals surface area (Å²) in [6.45, 7) is 1.94. The number of fused-ring (bicyclic) bond motifs is 1. The SMILES string of the molecule is CN(C)c1nc2ccccc2cc1CN1CCC[C@H]1c1ccc(Nc2ccccn2)cn1. The minimum Gasteiger partial charge on any atom is -0.362 e. The molecule has 32 heavy (non-hydrogen) atoms. The van der Waals surface area contributed by atoms with Crippen molar-refractivity contribution in [3.8, 4) is 0 Å². The smallest absolute Gasteiger partial charge is 0.133 e. The maximum absolute atomic E-state index is 4.94. The average Bonchev–Trinajstić information content (AvgIpc) is 3.28. The van der Waals surface area contributed by atoms with E-state index in [1.807, 2.05) is 30.5 Å². The zero-order chi connectivity index (χ0) is 21.9. The molecule has 4 aromatic rings. The summed E-state index contributed by atoms with van der Waals surface area (Å²) in [6.07, 6.45) is 5.99. The first-order chi connectivity index (χ1) is 15.7. The number of aromatic nitrogens is 3. The molecule has 0 saturated carbocycles. The van der Waals surface area contributed by atoms with Crippen molar-refractivity contribution in [1.29, 1.82) is 0 Å². The maximum Gasteiger partial charge on any atom is 0.133 e. The Hall–Kier alpha value is -3.51. The van der Waals surface area contributed by atoms with E-state index in [2.05, 4.69) is 70.6 Å². The highest BCUT2D eigenvalue weighted by atomic mass is 15.2. The van der Waals surface area contributed by atoms with Gasteiger partial charge in [-0.3, -0.25) is 9.88 Å². The molecular weight excluding hydrogens is 396 g/mol. The largest absolute Gasteiger partial charge is 0.362 e. The van der Waals surface area contributed by atoms with Gasteiger partial charge in [0.1, 0.15) is 11.6 Å². The Kier molecular flexibility index (Phi) is 5.69. The second kappa shape index (κ2) is 8.93. The number of pyridine rings is 3. The fourth-order valence-electron chi connectivity index (χ4n) is 4.48. The van der Waals surface area contributed by atoms with Gasteiger partial charge in [-0.25, -0.2) is 9.97 Å². The molecule has 5 rings (SSSR count). The van der Waals surface area contributed by atoms with Gasteiger partial charge < -0.3 is 10.2 Å². The predicted molar refractivity (Wildman–Crippen MR) is 130 cm³/mol. The molecule has 1 saturated heterocycles. The molecule has 0 spiro atoms. The Bertz CT molecular complexity index is 1190. The van der Waals surface area contributed by atoms with Gasteiger partial charge in [0.25, 0.3) is 0 Å². The van der Waals surface area contributed by atoms with Crippen LogP contribution < -0.4 is 10.2 Å². The van der Waals surface area contributed by atoms with Crippen molar-refractivity contribution in [2.45, 2.75) is 25.4 Å². The fraction of sp³-hybridized carbons (Fsp3) is 0.269. The van der Waals surface area contributed by atoms with Crippen LogP contribution >= 0.6 is 0 Å². The third-order valence-corrected chi connectivity index (χ3v) is 6.01. The van der Waals surface area contributed by atoms with Crippen molar-refractivity contribution in [3.05, 3.63) is 84.3 Å². The summed E-state index contributed by atoms with van der Waals surface area (Å²) in [6, 6.07) is 21.0. The lowest BCUT2D eigenvalue weighted by molar-refractivity contribution is 0.244. The number of para-hydroxylation sites is 1. The molecule has 6 heteroatoms. The summed E-state index contributed by atoms with van der Waals surface area (Å²) in [5.74, 6) is 1.86. The number of nitrogens with zero attached hydrogens (tertiary/aromatic N) is 5. The number of hydrogen-bond donors (Lipinski definition) is 1. The van der Waals surface area contributed by atoms with Gasteiger partial charge in [0.05, 0.1) is 29.1 Å². The summed E-state index contributed by atoms with van der Waals surface area (Å²) in [5, 5.41) is 4.50. The molecule has 1 fully saturated rings. The number of rotatable bonds is 6. The zero-order valence-electron chi connectivity index (χ0n) is 18.6. The second-order valence-electron chi connectivity index (χ2n) is 8.50. The van der Waals surface area contributed by atoms with Gasteiger partial charge in [0.2, 0.25) is 0 Å². The van der Waals surface area contributed by atoms with Crippen LogP contribution in [-0.4, -0.2) is 40.5 Å². The molecule has 1 aromatic carbocycles. The molecule has 1 atom stereocenters. The van der Waals surface area contributed by atoms with Crippen molar-refractivity contribution < 1.29 is 0 Å². The van der Waals surface area contributed by atoms with Crippen LogP contribution in [0, 0.1) is 0 Å². The molecule has 1 aliphatic rings. The van der Waals surface area contributed by atoms with E-state index in [9.17, 15) is 0 Å². The van der Waals surface area contributed by atoms with Crippen LogP contribution in [0.15, 0.2) is 73.1 Å². The van der Waals surface area contributed by atoms with E-state index in [0.717, 1.165) is 48.0 Å². The van der Waals surface area contributed by atoms with Crippen molar-refractivity contribution in [2.24, 2.45) is 0 Å². The summed E-state index contributed by atoms with van der Waals surface area (Å²) in [5.41, 5.74) is 4.37. The number of likely N-dealkylation sites (tertiary alicyclic amines) is 1. The molecule has 0 radical (unpaired) electrons. The number of anilines is 3. The molecule has 3 aromatic heterocycles. The van der Waals surface area contributed by atoms with E-state index in [0.29, 0.717) is 6.04 Å². The van der Waals surface area contributed by atoms with Gasteiger partial charge >= 0.3 is 0 Å². The van der Waals surface area contributed by atoms with E-state index in [4.69, 9.17) is 9.97 Å². The lowest BCUT2D eigenvalue weighted by atomic mass is 10.1. The molecule has 4 heterocycles. The number of nitrogens with one attached hydrogen (secondary N) is 1. The normalized spacial score (nSPS) is 16.4. The third-order valence-electron chi connectivity index (χ3n) is 6.01. The molecule has 162 valence electrons. The number of hydrogen-bond acceptors (Lipinski definition) is 6. The third kappa shape index (κ3) is 4.27. The van der Waals surface area contributed by atoms with Gasteiger partial charge in [-0.2, -0.15) is 0 Å². The second-order valence-corrected chi connectivity index (χ2v) is 8.50. The van der Waals surface area contributed by atoms with Crippen molar-refractivity contribution in [1.82, 2.24) is 19.9 Å². The van der Waals surface area contributed by atoms with E-state index < -0.39 is 0 Å². The summed E-state index contributed by atoms with van der Waals surface area (Å²) < 4.78 is 0. The fourth-order valence-corrected chi connectivity index (χ4v) is 4.48. The van der Waals surface area contributed by atoms with Gasteiger partial charge in [-0.15, -0.1) is 0 Å². The van der Waals surface area contributed by atoms with Gasteiger partial charge in [0, 0.05) is 37.8 Å². The average molecular weight is 425 g/mol. The molecule has 0 amide bonds. The van der Waals surface area contributed by atoms with Crippen molar-refractivity contribution in [3.63, 3.8) is 0 Å². The van der Waals surface area contributed by atoms with Crippen LogP contribution in [-0.2, 0) is 6.54 Å². The molecule has 6 nitrogen and oxygen atoms in total. The summed E-state index contributed by atoms with van der Waals surface area (Å²) in [7, 11) is 4.13. The quantitative estimate of drug-likeness (QED) is 0.461. The van der Waals surface area contributed by atoms with E-state index in [1.165, 1.54) is 17.4 Å². The Balaban J connectivity index is 1.37. The van der Waals surface area contributed by atoms with Gasteiger partial charge in [-0.1, -0.05) is 24.3 Å². The summed E-state index contributed by atoms with van der Waals surface area (Å²) in [4.78, 5) is 18.7. The molecule has 1 aliphatic heterocycles. The molecule has 1 N–H and O–H groups in total. The first-order valence-corrected chi connectivity index (χ1v) is 11.1. The highest BCUT2D eigenvalue weighted by Gasteiger charge is 2.28. The molecule has 0 bridgehead atoms. The lowest BCUT2D eigenvalue weighted by Gasteiger charge is -2.26. The highest BCUT2D eigenvalue weighted by molar-refractivity contribution is 5.81. The van der Waals surface area contributed by atoms with Crippen LogP contribution in [0.5, 0.6) is 0 Å². The predicted octanol–water partition coefficient (Wildman–Crippen LogP) is 5.17. The van der Waals surface area contributed by atoms with Crippen LogP contribution in [0.4, 0.5) is 17.3 Å². The maximum atomic E-state index is 4.94. The van der Waals surface area contributed by atoms with Gasteiger partial charge in [0.15, 0.2) is 0 Å².